The second-order valence-corrected chi connectivity index (χ2v) is 5.99. The molecule has 4 nitrogen and oxygen atoms in total. The summed E-state index contributed by atoms with van der Waals surface area (Å²) < 4.78 is 0. The van der Waals surface area contributed by atoms with Crippen molar-refractivity contribution in [3.63, 3.8) is 0 Å². The van der Waals surface area contributed by atoms with Crippen LogP contribution in [0.3, 0.4) is 0 Å². The number of carbonyl (C=O) groups excluding carboxylic acids is 1. The maximum absolute atomic E-state index is 12.2. The zero-order valence-corrected chi connectivity index (χ0v) is 11.2. The number of likely N-dealkylation sites (tertiary alicyclic amines) is 1. The zero-order chi connectivity index (χ0) is 13.0. The fourth-order valence-electron chi connectivity index (χ4n) is 3.13. The second-order valence-electron chi connectivity index (χ2n) is 5.99. The number of hydrogen-bond donors (Lipinski definition) is 2. The van der Waals surface area contributed by atoms with E-state index >= 15 is 0 Å². The summed E-state index contributed by atoms with van der Waals surface area (Å²) in [6.45, 7) is 1.93. The van der Waals surface area contributed by atoms with Crippen molar-refractivity contribution in [2.24, 2.45) is 17.6 Å². The molecule has 1 saturated heterocycles. The summed E-state index contributed by atoms with van der Waals surface area (Å²) in [5.41, 5.74) is 5.88. The normalized spacial score (nSPS) is 30.4. The zero-order valence-electron chi connectivity index (χ0n) is 11.2. The van der Waals surface area contributed by atoms with E-state index < -0.39 is 0 Å². The van der Waals surface area contributed by atoms with Crippen LogP contribution in [0.5, 0.6) is 0 Å². The second kappa shape index (κ2) is 6.53. The summed E-state index contributed by atoms with van der Waals surface area (Å²) in [4.78, 5) is 14.2. The average Bonchev–Trinajstić information content (AvgIpc) is 2.41. The molecule has 0 aromatic carbocycles. The van der Waals surface area contributed by atoms with Crippen LogP contribution in [0.1, 0.15) is 44.9 Å². The first-order valence-corrected chi connectivity index (χ1v) is 7.33. The van der Waals surface area contributed by atoms with Gasteiger partial charge in [-0.3, -0.25) is 4.79 Å². The highest BCUT2D eigenvalue weighted by molar-refractivity contribution is 5.76. The molecule has 1 heterocycles. The van der Waals surface area contributed by atoms with Crippen molar-refractivity contribution in [1.82, 2.24) is 4.90 Å². The van der Waals surface area contributed by atoms with Crippen LogP contribution < -0.4 is 5.73 Å². The number of rotatable bonds is 3. The number of nitrogens with two attached hydrogens (primary N) is 1. The van der Waals surface area contributed by atoms with E-state index in [1.807, 2.05) is 4.90 Å². The van der Waals surface area contributed by atoms with Crippen LogP contribution >= 0.6 is 0 Å². The Kier molecular flexibility index (Phi) is 5.01. The Balaban J connectivity index is 1.72. The lowest BCUT2D eigenvalue weighted by Crippen LogP contribution is -2.40. The molecule has 18 heavy (non-hydrogen) atoms. The highest BCUT2D eigenvalue weighted by Crippen LogP contribution is 2.27. The van der Waals surface area contributed by atoms with Gasteiger partial charge in [0.15, 0.2) is 0 Å². The van der Waals surface area contributed by atoms with Gasteiger partial charge < -0.3 is 15.7 Å². The van der Waals surface area contributed by atoms with E-state index in [2.05, 4.69) is 0 Å². The molecule has 1 amide bonds. The van der Waals surface area contributed by atoms with Crippen molar-refractivity contribution < 1.29 is 9.90 Å². The number of amides is 1. The molecule has 0 aromatic heterocycles. The van der Waals surface area contributed by atoms with Crippen LogP contribution in [0.2, 0.25) is 0 Å². The van der Waals surface area contributed by atoms with Crippen molar-refractivity contribution >= 4 is 5.91 Å². The molecule has 1 aliphatic carbocycles. The fourth-order valence-corrected chi connectivity index (χ4v) is 3.13. The van der Waals surface area contributed by atoms with Crippen molar-refractivity contribution in [2.75, 3.05) is 19.7 Å². The average molecular weight is 254 g/mol. The first-order chi connectivity index (χ1) is 8.69. The standard InChI is InChI=1S/C14H26N2O2/c15-13-3-1-11(2-4-13)9-14(18)16-7-5-12(10-17)6-8-16/h11-13,17H,1-10,15H2. The minimum atomic E-state index is 0.266. The van der Waals surface area contributed by atoms with E-state index in [4.69, 9.17) is 10.8 Å². The lowest BCUT2D eigenvalue weighted by Gasteiger charge is -2.33. The number of aliphatic hydroxyl groups excluding tert-OH is 1. The van der Waals surface area contributed by atoms with E-state index in [0.717, 1.165) is 51.6 Å². The summed E-state index contributed by atoms with van der Waals surface area (Å²) in [5.74, 6) is 1.27. The summed E-state index contributed by atoms with van der Waals surface area (Å²) >= 11 is 0. The van der Waals surface area contributed by atoms with Crippen molar-refractivity contribution in [3.05, 3.63) is 0 Å². The molecule has 2 aliphatic rings. The molecule has 1 aliphatic heterocycles. The first-order valence-electron chi connectivity index (χ1n) is 7.33. The molecule has 104 valence electrons. The van der Waals surface area contributed by atoms with Gasteiger partial charge in [-0.25, -0.2) is 0 Å². The van der Waals surface area contributed by atoms with Crippen LogP contribution in [-0.2, 0) is 4.79 Å². The van der Waals surface area contributed by atoms with Crippen LogP contribution in [0.15, 0.2) is 0 Å². The minimum absolute atomic E-state index is 0.266. The maximum Gasteiger partial charge on any atom is 0.222 e. The molecular weight excluding hydrogens is 228 g/mol. The van der Waals surface area contributed by atoms with Gasteiger partial charge in [0, 0.05) is 32.2 Å². The molecular formula is C14H26N2O2. The van der Waals surface area contributed by atoms with Crippen molar-refractivity contribution in [2.45, 2.75) is 51.0 Å². The first kappa shape index (κ1) is 13.8. The van der Waals surface area contributed by atoms with Gasteiger partial charge in [-0.15, -0.1) is 0 Å². The van der Waals surface area contributed by atoms with E-state index in [1.54, 1.807) is 0 Å². The third kappa shape index (κ3) is 3.69. The van der Waals surface area contributed by atoms with Crippen molar-refractivity contribution in [3.8, 4) is 0 Å². The number of nitrogens with zero attached hydrogens (tertiary/aromatic N) is 1. The van der Waals surface area contributed by atoms with Gasteiger partial charge in [0.25, 0.3) is 0 Å². The lowest BCUT2D eigenvalue weighted by molar-refractivity contribution is -0.134. The Morgan fingerprint density at radius 3 is 2.22 bits per heavy atom. The molecule has 0 atom stereocenters. The molecule has 0 radical (unpaired) electrons. The van der Waals surface area contributed by atoms with Gasteiger partial charge in [0.1, 0.15) is 0 Å². The third-order valence-electron chi connectivity index (χ3n) is 4.58. The monoisotopic (exact) mass is 254 g/mol. The largest absolute Gasteiger partial charge is 0.396 e. The predicted octanol–water partition coefficient (Wildman–Crippen LogP) is 1.12. The van der Waals surface area contributed by atoms with Gasteiger partial charge in [0.2, 0.25) is 5.91 Å². The third-order valence-corrected chi connectivity index (χ3v) is 4.58. The number of aliphatic hydroxyl groups is 1. The number of carbonyl (C=O) groups is 1. The summed E-state index contributed by atoms with van der Waals surface area (Å²) in [7, 11) is 0. The van der Waals surface area contributed by atoms with Crippen LogP contribution in [0, 0.1) is 11.8 Å². The fraction of sp³-hybridized carbons (Fsp3) is 0.929. The van der Waals surface area contributed by atoms with Gasteiger partial charge in [-0.05, 0) is 50.4 Å². The molecule has 0 unspecified atom stereocenters. The quantitative estimate of drug-likeness (QED) is 0.793. The molecule has 0 bridgehead atoms. The molecule has 0 aromatic rings. The van der Waals surface area contributed by atoms with E-state index in [1.165, 1.54) is 0 Å². The molecule has 3 N–H and O–H groups in total. The highest BCUT2D eigenvalue weighted by Gasteiger charge is 2.26. The van der Waals surface area contributed by atoms with Gasteiger partial charge in [-0.1, -0.05) is 0 Å². The van der Waals surface area contributed by atoms with Crippen LogP contribution in [0.25, 0.3) is 0 Å². The molecule has 2 fully saturated rings. The van der Waals surface area contributed by atoms with E-state index in [0.29, 0.717) is 30.2 Å². The van der Waals surface area contributed by atoms with Gasteiger partial charge >= 0.3 is 0 Å². The smallest absolute Gasteiger partial charge is 0.222 e. The maximum atomic E-state index is 12.2. The summed E-state index contributed by atoms with van der Waals surface area (Å²) in [6.07, 6.45) is 6.99. The summed E-state index contributed by atoms with van der Waals surface area (Å²) in [5, 5.41) is 9.09. The molecule has 2 rings (SSSR count). The van der Waals surface area contributed by atoms with Crippen LogP contribution in [-0.4, -0.2) is 41.7 Å². The highest BCUT2D eigenvalue weighted by atomic mass is 16.3. The van der Waals surface area contributed by atoms with E-state index in [-0.39, 0.29) is 6.61 Å². The Morgan fingerprint density at radius 1 is 1.06 bits per heavy atom. The van der Waals surface area contributed by atoms with Crippen LogP contribution in [0.4, 0.5) is 0 Å². The summed E-state index contributed by atoms with van der Waals surface area (Å²) in [6, 6.07) is 0.358. The topological polar surface area (TPSA) is 66.6 Å². The lowest BCUT2D eigenvalue weighted by atomic mass is 9.84. The van der Waals surface area contributed by atoms with Gasteiger partial charge in [-0.2, -0.15) is 0 Å². The number of hydrogen-bond acceptors (Lipinski definition) is 3. The molecule has 4 heteroatoms. The Hall–Kier alpha value is -0.610. The van der Waals surface area contributed by atoms with E-state index in [9.17, 15) is 4.79 Å². The minimum Gasteiger partial charge on any atom is -0.396 e. The molecule has 1 saturated carbocycles. The molecule has 0 spiro atoms. The SMILES string of the molecule is NC1CCC(CC(=O)N2CCC(CO)CC2)CC1. The Labute approximate surface area is 110 Å². The van der Waals surface area contributed by atoms with Crippen molar-refractivity contribution in [1.29, 1.82) is 0 Å². The Bertz CT molecular complexity index is 267. The number of piperidine rings is 1. The Morgan fingerprint density at radius 2 is 1.67 bits per heavy atom. The predicted molar refractivity (Wildman–Crippen MR) is 70.9 cm³/mol. The van der Waals surface area contributed by atoms with Gasteiger partial charge in [0.05, 0.1) is 0 Å².